The topological polar surface area (TPSA) is 35.2 Å². The van der Waals surface area contributed by atoms with Crippen LogP contribution in [0.3, 0.4) is 0 Å². The van der Waals surface area contributed by atoms with Crippen molar-refractivity contribution >= 4 is 0 Å². The summed E-state index contributed by atoms with van der Waals surface area (Å²) in [5.74, 6) is 0.415. The van der Waals surface area contributed by atoms with Gasteiger partial charge in [-0.15, -0.1) is 0 Å². The maximum Gasteiger partial charge on any atom is 0.0680 e. The van der Waals surface area contributed by atoms with E-state index in [9.17, 15) is 0 Å². The Morgan fingerprint density at radius 2 is 1.75 bits per heavy atom. The first-order valence-electron chi connectivity index (χ1n) is 7.78. The molecule has 2 N–H and O–H groups in total. The van der Waals surface area contributed by atoms with Crippen molar-refractivity contribution < 1.29 is 4.74 Å². The lowest BCUT2D eigenvalue weighted by atomic mass is 9.65. The van der Waals surface area contributed by atoms with Crippen LogP contribution in [0.4, 0.5) is 0 Å². The van der Waals surface area contributed by atoms with Gasteiger partial charge in [0.05, 0.1) is 11.2 Å². The number of nitrogens with two attached hydrogens (primary N) is 1. The van der Waals surface area contributed by atoms with Gasteiger partial charge in [0.1, 0.15) is 0 Å². The van der Waals surface area contributed by atoms with Crippen LogP contribution in [0, 0.1) is 5.92 Å². The molecule has 0 spiro atoms. The zero-order chi connectivity index (χ0) is 14.6. The highest BCUT2D eigenvalue weighted by molar-refractivity contribution is 5.33. The first-order valence-corrected chi connectivity index (χ1v) is 7.78. The van der Waals surface area contributed by atoms with E-state index in [2.05, 4.69) is 52.0 Å². The molecule has 20 heavy (non-hydrogen) atoms. The molecule has 1 aliphatic heterocycles. The molecule has 2 heteroatoms. The normalized spacial score (nSPS) is 34.8. The van der Waals surface area contributed by atoms with E-state index in [1.54, 1.807) is 0 Å². The molecular weight excluding hydrogens is 246 g/mol. The first-order chi connectivity index (χ1) is 9.22. The molecule has 1 heterocycles. The average Bonchev–Trinajstić information content (AvgIpc) is 2.58. The molecule has 3 rings (SSSR count). The van der Waals surface area contributed by atoms with E-state index in [1.807, 2.05) is 0 Å². The summed E-state index contributed by atoms with van der Waals surface area (Å²) in [4.78, 5) is 0. The SMILES string of the molecule is CC1(C)CC(C2(N)CCc3ccccc3C2)C(C)(C)O1. The maximum atomic E-state index is 6.90. The number of aryl methyl sites for hydroxylation is 1. The molecular formula is C18H27NO. The highest BCUT2D eigenvalue weighted by Crippen LogP contribution is 2.49. The van der Waals surface area contributed by atoms with E-state index < -0.39 is 0 Å². The number of hydrogen-bond acceptors (Lipinski definition) is 2. The molecule has 1 saturated heterocycles. The van der Waals surface area contributed by atoms with Crippen LogP contribution in [0.15, 0.2) is 24.3 Å². The minimum Gasteiger partial charge on any atom is -0.369 e. The second-order valence-electron chi connectivity index (χ2n) is 7.90. The molecule has 0 saturated carbocycles. The van der Waals surface area contributed by atoms with Gasteiger partial charge in [-0.25, -0.2) is 0 Å². The van der Waals surface area contributed by atoms with Crippen LogP contribution in [-0.2, 0) is 17.6 Å². The molecule has 2 unspecified atom stereocenters. The summed E-state index contributed by atoms with van der Waals surface area (Å²) in [5.41, 5.74) is 9.48. The molecule has 1 aromatic rings. The fraction of sp³-hybridized carbons (Fsp3) is 0.667. The molecule has 1 fully saturated rings. The van der Waals surface area contributed by atoms with Gasteiger partial charge in [0, 0.05) is 11.5 Å². The third-order valence-electron chi connectivity index (χ3n) is 5.27. The highest BCUT2D eigenvalue weighted by Gasteiger charge is 2.54. The van der Waals surface area contributed by atoms with Gasteiger partial charge in [0.15, 0.2) is 0 Å². The quantitative estimate of drug-likeness (QED) is 0.850. The van der Waals surface area contributed by atoms with Gasteiger partial charge in [-0.2, -0.15) is 0 Å². The number of fused-ring (bicyclic) bond motifs is 1. The van der Waals surface area contributed by atoms with Crippen molar-refractivity contribution in [1.82, 2.24) is 0 Å². The summed E-state index contributed by atoms with van der Waals surface area (Å²) in [6.07, 6.45) is 4.20. The molecule has 2 atom stereocenters. The monoisotopic (exact) mass is 273 g/mol. The molecule has 0 aromatic heterocycles. The summed E-state index contributed by atoms with van der Waals surface area (Å²) < 4.78 is 6.28. The third-order valence-corrected chi connectivity index (χ3v) is 5.27. The average molecular weight is 273 g/mol. The summed E-state index contributed by atoms with van der Waals surface area (Å²) >= 11 is 0. The van der Waals surface area contributed by atoms with Crippen molar-refractivity contribution in [1.29, 1.82) is 0 Å². The third kappa shape index (κ3) is 2.29. The van der Waals surface area contributed by atoms with Crippen molar-refractivity contribution in [3.05, 3.63) is 35.4 Å². The van der Waals surface area contributed by atoms with E-state index in [0.717, 1.165) is 25.7 Å². The lowest BCUT2D eigenvalue weighted by Gasteiger charge is -2.44. The Labute approximate surface area is 122 Å². The van der Waals surface area contributed by atoms with E-state index in [1.165, 1.54) is 11.1 Å². The van der Waals surface area contributed by atoms with Crippen LogP contribution in [0.25, 0.3) is 0 Å². The van der Waals surface area contributed by atoms with Crippen LogP contribution < -0.4 is 5.73 Å². The van der Waals surface area contributed by atoms with E-state index in [0.29, 0.717) is 5.92 Å². The second-order valence-corrected chi connectivity index (χ2v) is 7.90. The van der Waals surface area contributed by atoms with Gasteiger partial charge in [0.2, 0.25) is 0 Å². The van der Waals surface area contributed by atoms with Gasteiger partial charge in [0.25, 0.3) is 0 Å². The molecule has 1 aliphatic carbocycles. The van der Waals surface area contributed by atoms with E-state index in [-0.39, 0.29) is 16.7 Å². The van der Waals surface area contributed by atoms with Crippen LogP contribution in [0.1, 0.15) is 51.7 Å². The Morgan fingerprint density at radius 3 is 2.35 bits per heavy atom. The molecule has 2 aliphatic rings. The Bertz CT molecular complexity index is 520. The van der Waals surface area contributed by atoms with Gasteiger partial charge >= 0.3 is 0 Å². The lowest BCUT2D eigenvalue weighted by Crippen LogP contribution is -2.56. The van der Waals surface area contributed by atoms with Crippen LogP contribution in [-0.4, -0.2) is 16.7 Å². The summed E-state index contributed by atoms with van der Waals surface area (Å²) in [6.45, 7) is 8.80. The van der Waals surface area contributed by atoms with Crippen LogP contribution in [0.5, 0.6) is 0 Å². The predicted octanol–water partition coefficient (Wildman–Crippen LogP) is 3.47. The fourth-order valence-corrected chi connectivity index (χ4v) is 4.54. The van der Waals surface area contributed by atoms with Crippen molar-refractivity contribution in [3.63, 3.8) is 0 Å². The van der Waals surface area contributed by atoms with Crippen LogP contribution in [0.2, 0.25) is 0 Å². The zero-order valence-corrected chi connectivity index (χ0v) is 13.2. The molecule has 0 bridgehead atoms. The number of ether oxygens (including phenoxy) is 1. The first kappa shape index (κ1) is 14.1. The van der Waals surface area contributed by atoms with Gasteiger partial charge in [-0.3, -0.25) is 0 Å². The summed E-state index contributed by atoms with van der Waals surface area (Å²) in [7, 11) is 0. The molecule has 2 nitrogen and oxygen atoms in total. The second kappa shape index (κ2) is 4.32. The van der Waals surface area contributed by atoms with Crippen molar-refractivity contribution in [2.24, 2.45) is 11.7 Å². The van der Waals surface area contributed by atoms with Crippen molar-refractivity contribution in [2.45, 2.75) is 70.1 Å². The standard InChI is InChI=1S/C18H27NO/c1-16(2)12-15(17(3,4)20-16)18(19)10-9-13-7-5-6-8-14(13)11-18/h5-8,15H,9-12,19H2,1-4H3. The van der Waals surface area contributed by atoms with Crippen molar-refractivity contribution in [2.75, 3.05) is 0 Å². The summed E-state index contributed by atoms with van der Waals surface area (Å²) in [6, 6.07) is 8.75. The van der Waals surface area contributed by atoms with Gasteiger partial charge in [-0.1, -0.05) is 24.3 Å². The number of rotatable bonds is 1. The Kier molecular flexibility index (Phi) is 3.04. The number of benzene rings is 1. The lowest BCUT2D eigenvalue weighted by molar-refractivity contribution is -0.0826. The maximum absolute atomic E-state index is 6.90. The molecule has 0 amide bonds. The smallest absolute Gasteiger partial charge is 0.0680 e. The Hall–Kier alpha value is -0.860. The van der Waals surface area contributed by atoms with Crippen molar-refractivity contribution in [3.8, 4) is 0 Å². The Morgan fingerprint density at radius 1 is 1.10 bits per heavy atom. The Balaban J connectivity index is 1.91. The van der Waals surface area contributed by atoms with Crippen LogP contribution >= 0.6 is 0 Å². The van der Waals surface area contributed by atoms with E-state index >= 15 is 0 Å². The van der Waals surface area contributed by atoms with Gasteiger partial charge in [-0.05, 0) is 64.5 Å². The summed E-state index contributed by atoms with van der Waals surface area (Å²) in [5, 5.41) is 0. The molecule has 0 radical (unpaired) electrons. The minimum absolute atomic E-state index is 0.0580. The largest absolute Gasteiger partial charge is 0.369 e. The fourth-order valence-electron chi connectivity index (χ4n) is 4.54. The predicted molar refractivity (Wildman–Crippen MR) is 82.7 cm³/mol. The molecule has 110 valence electrons. The number of hydrogen-bond donors (Lipinski definition) is 1. The zero-order valence-electron chi connectivity index (χ0n) is 13.2. The highest BCUT2D eigenvalue weighted by atomic mass is 16.5. The van der Waals surface area contributed by atoms with E-state index in [4.69, 9.17) is 10.5 Å². The molecule has 1 aromatic carbocycles. The minimum atomic E-state index is -0.134. The van der Waals surface area contributed by atoms with Gasteiger partial charge < -0.3 is 10.5 Å².